The van der Waals surface area contributed by atoms with Gasteiger partial charge in [-0.1, -0.05) is 57.9 Å². The van der Waals surface area contributed by atoms with Gasteiger partial charge in [0.2, 0.25) is 53.2 Å². The van der Waals surface area contributed by atoms with Crippen molar-refractivity contribution in [2.45, 2.75) is 190 Å². The highest BCUT2D eigenvalue weighted by atomic mass is 35.5. The van der Waals surface area contributed by atoms with E-state index >= 15 is 0 Å². The van der Waals surface area contributed by atoms with Crippen LogP contribution in [0.2, 0.25) is 0 Å². The van der Waals surface area contributed by atoms with Crippen molar-refractivity contribution >= 4 is 82.6 Å². The van der Waals surface area contributed by atoms with E-state index in [1.807, 2.05) is 10.6 Å². The lowest BCUT2D eigenvalue weighted by Crippen LogP contribution is -2.62. The van der Waals surface area contributed by atoms with Crippen LogP contribution in [0.15, 0.2) is 11.8 Å². The molecule has 1 heterocycles. The first kappa shape index (κ1) is 72.4. The molecule has 31 nitrogen and oxygen atoms in total. The molecule has 1 fully saturated rings. The second kappa shape index (κ2) is 38.9. The van der Waals surface area contributed by atoms with E-state index in [0.717, 1.165) is 51.5 Å². The number of aliphatic hydroxyl groups excluding tert-OH is 4. The fourth-order valence-corrected chi connectivity index (χ4v) is 8.07. The molecule has 22 N–H and O–H groups in total. The molecule has 0 bridgehead atoms. The molecule has 0 radical (unpaired) electrons. The number of amides is 10. The number of nitrogens with one attached hydrogen (secondary N) is 9. The summed E-state index contributed by atoms with van der Waals surface area (Å²) >= 11 is 5.86. The Morgan fingerprint density at radius 1 is 0.654 bits per heavy atom. The maximum Gasteiger partial charge on any atom is 0.331 e. The lowest BCUT2D eigenvalue weighted by atomic mass is 10.0. The number of primary amides is 1. The molecule has 1 aliphatic heterocycles. The van der Waals surface area contributed by atoms with Crippen molar-refractivity contribution in [1.82, 2.24) is 47.9 Å². The van der Waals surface area contributed by atoms with Crippen molar-refractivity contribution in [1.29, 1.82) is 0 Å². The van der Waals surface area contributed by atoms with Gasteiger partial charge in [0.1, 0.15) is 54.6 Å². The number of allylic oxidation sites excluding steroid dienone is 1. The molecule has 10 amide bonds. The highest BCUT2D eigenvalue weighted by Crippen LogP contribution is 2.13. The number of carbonyl (C=O) groups excluding carboxylic acids is 11. The van der Waals surface area contributed by atoms with Crippen molar-refractivity contribution in [3.63, 3.8) is 0 Å². The Morgan fingerprint density at radius 3 is 1.69 bits per heavy atom. The van der Waals surface area contributed by atoms with Crippen LogP contribution in [0.4, 0.5) is 0 Å². The maximum absolute atomic E-state index is 14.1. The number of carboxylic acid groups (broad SMARTS) is 1. The predicted octanol–water partition coefficient (Wildman–Crippen LogP) is -6.54. The lowest BCUT2D eigenvalue weighted by Gasteiger charge is -2.29. The Kier molecular flexibility index (Phi) is 34.8. The Labute approximate surface area is 473 Å². The Bertz CT molecular complexity index is 2160. The number of carboxylic acids is 1. The fourth-order valence-electron chi connectivity index (χ4n) is 7.90. The van der Waals surface area contributed by atoms with E-state index in [-0.39, 0.29) is 45.3 Å². The van der Waals surface area contributed by atoms with E-state index in [1.54, 1.807) is 0 Å². The Morgan fingerprint density at radius 2 is 1.17 bits per heavy atom. The zero-order valence-corrected chi connectivity index (χ0v) is 46.6. The molecule has 0 aromatic heterocycles. The van der Waals surface area contributed by atoms with Crippen molar-refractivity contribution in [2.24, 2.45) is 22.9 Å². The van der Waals surface area contributed by atoms with Crippen LogP contribution in [-0.4, -0.2) is 201 Å². The van der Waals surface area contributed by atoms with E-state index in [9.17, 15) is 83.1 Å². The van der Waals surface area contributed by atoms with Gasteiger partial charge in [0.15, 0.2) is 12.1 Å². The lowest BCUT2D eigenvalue weighted by molar-refractivity contribution is -0.154. The van der Waals surface area contributed by atoms with Gasteiger partial charge in [-0.2, -0.15) is 0 Å². The van der Waals surface area contributed by atoms with Gasteiger partial charge < -0.3 is 101 Å². The zero-order valence-electron chi connectivity index (χ0n) is 45.9. The molecule has 0 unspecified atom stereocenters. The molecule has 1 rings (SSSR count). The molecule has 12 atom stereocenters. The highest BCUT2D eigenvalue weighted by molar-refractivity contribution is 6.18. The largest absolute Gasteiger partial charge is 0.481 e. The summed E-state index contributed by atoms with van der Waals surface area (Å²) in [5.41, 5.74) is 21.7. The van der Waals surface area contributed by atoms with Gasteiger partial charge in [-0.25, -0.2) is 4.79 Å². The van der Waals surface area contributed by atoms with Gasteiger partial charge in [0, 0.05) is 0 Å². The summed E-state index contributed by atoms with van der Waals surface area (Å²) in [6, 6.07) is -15.6. The topological polar surface area (TPSA) is 528 Å². The van der Waals surface area contributed by atoms with E-state index in [2.05, 4.69) is 44.1 Å². The summed E-state index contributed by atoms with van der Waals surface area (Å²) in [6.45, 7) is 2.65. The van der Waals surface area contributed by atoms with Crippen LogP contribution >= 0.6 is 11.6 Å². The molecule has 0 aromatic carbocycles. The smallest absolute Gasteiger partial charge is 0.331 e. The van der Waals surface area contributed by atoms with E-state index in [0.29, 0.717) is 12.8 Å². The van der Waals surface area contributed by atoms with Gasteiger partial charge in [0.05, 0.1) is 37.0 Å². The average molecular weight is 1180 g/mol. The second-order valence-electron chi connectivity index (χ2n) is 19.2. The van der Waals surface area contributed by atoms with Crippen LogP contribution in [0.3, 0.4) is 0 Å². The van der Waals surface area contributed by atoms with Crippen LogP contribution in [0.5, 0.6) is 0 Å². The monoisotopic (exact) mass is 1180 g/mol. The number of unbranched alkanes of at least 4 members (excludes halogenated alkanes) is 7. The summed E-state index contributed by atoms with van der Waals surface area (Å²) in [7, 11) is 0. The van der Waals surface area contributed by atoms with Crippen molar-refractivity contribution in [3.05, 3.63) is 11.8 Å². The molecular formula is C49H84ClN13O18. The van der Waals surface area contributed by atoms with Crippen LogP contribution in [-0.2, 0) is 62.3 Å². The third-order valence-electron chi connectivity index (χ3n) is 12.5. The van der Waals surface area contributed by atoms with E-state index in [1.165, 1.54) is 6.92 Å². The summed E-state index contributed by atoms with van der Waals surface area (Å²) in [6.07, 6.45) is -2.39. The van der Waals surface area contributed by atoms with Gasteiger partial charge in [-0.3, -0.25) is 52.7 Å². The summed E-state index contributed by atoms with van der Waals surface area (Å²) in [5, 5.41) is 72.6. The first-order valence-corrected chi connectivity index (χ1v) is 27.3. The highest BCUT2D eigenvalue weighted by Gasteiger charge is 2.40. The number of halogens is 1. The van der Waals surface area contributed by atoms with Crippen LogP contribution in [0, 0.1) is 0 Å². The fraction of sp³-hybridized carbons (Fsp3) is 0.714. The van der Waals surface area contributed by atoms with Crippen molar-refractivity contribution in [2.75, 3.05) is 32.1 Å². The number of cyclic esters (lactones) is 1. The molecule has 1 saturated heterocycles. The number of hydrogen-bond donors (Lipinski definition) is 18. The number of esters is 1. The minimum atomic E-state index is -2.61. The number of aliphatic hydroxyl groups is 4. The van der Waals surface area contributed by atoms with Gasteiger partial charge >= 0.3 is 11.9 Å². The number of rotatable bonds is 26. The number of aliphatic carboxylic acids is 1. The normalized spacial score (nSPS) is 24.8. The molecule has 0 aliphatic carbocycles. The molecule has 0 saturated carbocycles. The maximum atomic E-state index is 14.1. The third-order valence-corrected chi connectivity index (χ3v) is 12.8. The minimum absolute atomic E-state index is 0.128. The number of nitrogens with two attached hydrogens (primary N) is 4. The third kappa shape index (κ3) is 26.7. The molecule has 460 valence electrons. The van der Waals surface area contributed by atoms with Gasteiger partial charge in [-0.15, -0.1) is 11.6 Å². The predicted molar refractivity (Wildman–Crippen MR) is 288 cm³/mol. The van der Waals surface area contributed by atoms with Crippen LogP contribution in [0.25, 0.3) is 0 Å². The first-order valence-electron chi connectivity index (χ1n) is 26.8. The number of carbonyl (C=O) groups is 12. The first-order chi connectivity index (χ1) is 38.3. The van der Waals surface area contributed by atoms with Crippen molar-refractivity contribution < 1.29 is 87.8 Å². The number of hydrogen-bond acceptors (Lipinski definition) is 20. The quantitative estimate of drug-likeness (QED) is 0.0166. The molecule has 0 spiro atoms. The minimum Gasteiger partial charge on any atom is -0.481 e. The standard InChI is InChI=1S/C49H84ClN13O18/c1-4-6-7-8-9-10-11-14-26(65)21-34(67)55-32-24-81-49(80)37(33(66)23-50)62-48(79)38(39(70)40(54)71)63-41(72)27(5-2)56-47(78)36(25(3)64)61-44(75)30(17-20-53)58-42(73)28(15-12-13-18-51)57-45(76)31(22-35(68)69)60-43(74)29(16-19-52)59-46(32)77/h5,25-26,28-33,36-39,64-66,70H,4,6-24,51-53H2,1-3H3,(H2,54,71)(H,55,67)(H,56,78)(H,57,76)(H,58,73)(H,59,77)(H,60,74)(H,61,75)(H,62,79)(H,63,72)(H,68,69)/b27-5-/t25-,26+,28-,29+,30-,31-,32-,33+,36-,37-,38-,39-/m0/s1. The zero-order chi connectivity index (χ0) is 61.4. The molecular weight excluding hydrogens is 1090 g/mol. The molecule has 0 aromatic rings. The second-order valence-corrected chi connectivity index (χ2v) is 19.5. The summed E-state index contributed by atoms with van der Waals surface area (Å²) < 4.78 is 5.28. The molecule has 81 heavy (non-hydrogen) atoms. The molecule has 1 aliphatic rings. The van der Waals surface area contributed by atoms with Gasteiger partial charge in [-0.05, 0) is 72.0 Å². The SMILES string of the molecule is C/C=C1\NC(=O)[C@H]([C@H](C)O)NC(=O)[C@H](CCN)NC(=O)[C@H](CCCCN)NC(=O)[C@H](CC(=O)O)NC(=O)[C@@H](CCN)NC(=O)[C@@H](NC(=O)C[C@H](O)CCCCCCCCC)COC(=O)[C@H]([C@H](O)CCl)NC(=O)[C@H]([C@H](O)C(N)=O)NC1=O. The van der Waals surface area contributed by atoms with Crippen molar-refractivity contribution in [3.8, 4) is 0 Å². The average Bonchev–Trinajstić information content (AvgIpc) is 3.41. The van der Waals surface area contributed by atoms with Crippen LogP contribution in [0.1, 0.15) is 117 Å². The van der Waals surface area contributed by atoms with Gasteiger partial charge in [0.25, 0.3) is 5.91 Å². The van der Waals surface area contributed by atoms with E-state index in [4.69, 9.17) is 39.3 Å². The summed E-state index contributed by atoms with van der Waals surface area (Å²) in [5.74, 6) is -17.0. The van der Waals surface area contributed by atoms with E-state index < -0.39 is 181 Å². The Balaban J connectivity index is 4.06. The number of alkyl halides is 1. The summed E-state index contributed by atoms with van der Waals surface area (Å²) in [4.78, 5) is 163. The Hall–Kier alpha value is -6.61. The number of ether oxygens (including phenoxy) is 1. The molecule has 32 heteroatoms. The van der Waals surface area contributed by atoms with Crippen LogP contribution < -0.4 is 70.8 Å².